The highest BCUT2D eigenvalue weighted by Gasteiger charge is 2.20. The zero-order chi connectivity index (χ0) is 34.3. The normalized spacial score (nSPS) is 11.6. The molecule has 0 saturated carbocycles. The summed E-state index contributed by atoms with van der Waals surface area (Å²) >= 11 is 0. The molecule has 2 aromatic heterocycles. The first kappa shape index (κ1) is 32.2. The van der Waals surface area contributed by atoms with Gasteiger partial charge in [0.2, 0.25) is 0 Å². The third-order valence-corrected chi connectivity index (χ3v) is 7.53. The van der Waals surface area contributed by atoms with E-state index in [0.717, 1.165) is 12.2 Å². The van der Waals surface area contributed by atoms with Crippen LogP contribution in [0, 0.1) is 0 Å². The summed E-state index contributed by atoms with van der Waals surface area (Å²) in [5.74, 6) is -1.70. The standard InChI is InChI=1S/C35H30N6O8/c42-13-9-32(44)48-15-11-22-17-24(34(46)30(19-22)40-36-26-5-1-2-6-27(26)37-40)21-25-18-23(12-16-49-33(45)10-14-43)20-31(35(25)47)41-38-28-7-3-4-8-29(28)39-41/h1-10,13-14,17-20,42-43,46-47H,11-12,15-16,21H2. The highest BCUT2D eigenvalue weighted by atomic mass is 16.5. The van der Waals surface area contributed by atoms with E-state index in [9.17, 15) is 19.8 Å². The average Bonchev–Trinajstić information content (AvgIpc) is 3.72. The maximum atomic E-state index is 11.8. The molecule has 0 aliphatic heterocycles. The van der Waals surface area contributed by atoms with Gasteiger partial charge in [0.1, 0.15) is 44.9 Å². The molecule has 0 bridgehead atoms. The number of hydrogen-bond donors (Lipinski definition) is 4. The second kappa shape index (κ2) is 14.4. The predicted octanol–water partition coefficient (Wildman–Crippen LogP) is 4.47. The Kier molecular flexibility index (Phi) is 9.46. The summed E-state index contributed by atoms with van der Waals surface area (Å²) in [7, 11) is 0. The minimum atomic E-state index is -0.714. The molecular formula is C35H30N6O8. The molecule has 248 valence electrons. The van der Waals surface area contributed by atoms with Crippen LogP contribution in [-0.4, -0.2) is 75.6 Å². The fourth-order valence-corrected chi connectivity index (χ4v) is 5.24. The number of fused-ring (bicyclic) bond motifs is 2. The van der Waals surface area contributed by atoms with Crippen LogP contribution in [0.2, 0.25) is 0 Å². The van der Waals surface area contributed by atoms with Crippen LogP contribution in [-0.2, 0) is 38.3 Å². The molecule has 0 amide bonds. The molecular weight excluding hydrogens is 632 g/mol. The van der Waals surface area contributed by atoms with Crippen molar-refractivity contribution in [2.24, 2.45) is 0 Å². The number of esters is 2. The van der Waals surface area contributed by atoms with Crippen molar-refractivity contribution >= 4 is 34.0 Å². The zero-order valence-corrected chi connectivity index (χ0v) is 25.9. The molecule has 2 heterocycles. The maximum Gasteiger partial charge on any atom is 0.333 e. The number of carbonyl (C=O) groups is 2. The lowest BCUT2D eigenvalue weighted by atomic mass is 9.96. The molecule has 0 aliphatic rings. The van der Waals surface area contributed by atoms with Gasteiger partial charge in [-0.25, -0.2) is 9.59 Å². The van der Waals surface area contributed by atoms with Gasteiger partial charge in [-0.05, 0) is 47.5 Å². The van der Waals surface area contributed by atoms with Crippen molar-refractivity contribution in [3.05, 3.63) is 120 Å². The van der Waals surface area contributed by atoms with E-state index >= 15 is 0 Å². The molecule has 0 atom stereocenters. The molecule has 0 spiro atoms. The Bertz CT molecular complexity index is 2000. The molecule has 0 aliphatic carbocycles. The van der Waals surface area contributed by atoms with Crippen LogP contribution in [0.1, 0.15) is 22.3 Å². The van der Waals surface area contributed by atoms with Gasteiger partial charge in [-0.1, -0.05) is 36.4 Å². The quantitative estimate of drug-likeness (QED) is 0.0817. The maximum absolute atomic E-state index is 11.8. The smallest absolute Gasteiger partial charge is 0.333 e. The number of aromatic hydroxyl groups is 2. The van der Waals surface area contributed by atoms with Crippen LogP contribution < -0.4 is 0 Å². The van der Waals surface area contributed by atoms with Crippen LogP contribution in [0.25, 0.3) is 33.4 Å². The van der Waals surface area contributed by atoms with Crippen molar-refractivity contribution in [1.29, 1.82) is 0 Å². The Morgan fingerprint density at radius 1 is 0.612 bits per heavy atom. The molecule has 0 saturated heterocycles. The van der Waals surface area contributed by atoms with Gasteiger partial charge < -0.3 is 29.9 Å². The summed E-state index contributed by atoms with van der Waals surface area (Å²) in [4.78, 5) is 26.2. The second-order valence-corrected chi connectivity index (χ2v) is 10.8. The van der Waals surface area contributed by atoms with E-state index in [0.29, 0.717) is 56.8 Å². The van der Waals surface area contributed by atoms with Crippen molar-refractivity contribution in [3.63, 3.8) is 0 Å². The number of carbonyl (C=O) groups excluding carboxylic acids is 2. The number of ether oxygens (including phenoxy) is 2. The summed E-state index contributed by atoms with van der Waals surface area (Å²) in [6.45, 7) is -0.0378. The van der Waals surface area contributed by atoms with Gasteiger partial charge in [0.05, 0.1) is 37.9 Å². The molecule has 0 radical (unpaired) electrons. The number of hydrogen-bond acceptors (Lipinski definition) is 12. The number of aliphatic hydroxyl groups is 2. The van der Waals surface area contributed by atoms with E-state index in [1.165, 1.54) is 9.59 Å². The van der Waals surface area contributed by atoms with Gasteiger partial charge in [-0.2, -0.15) is 0 Å². The minimum absolute atomic E-state index is 0.0189. The molecule has 6 rings (SSSR count). The third kappa shape index (κ3) is 7.33. The summed E-state index contributed by atoms with van der Waals surface area (Å²) in [6.07, 6.45) is 3.51. The Morgan fingerprint density at radius 2 is 0.980 bits per heavy atom. The van der Waals surface area contributed by atoms with E-state index in [4.69, 9.17) is 19.7 Å². The lowest BCUT2D eigenvalue weighted by Gasteiger charge is -2.16. The number of aromatic nitrogens is 6. The number of aliphatic hydroxyl groups excluding tert-OH is 2. The lowest BCUT2D eigenvalue weighted by molar-refractivity contribution is -0.138. The highest BCUT2D eigenvalue weighted by molar-refractivity contribution is 5.82. The summed E-state index contributed by atoms with van der Waals surface area (Å²) in [5.41, 5.74) is 5.15. The number of rotatable bonds is 12. The van der Waals surface area contributed by atoms with Crippen molar-refractivity contribution in [2.75, 3.05) is 13.2 Å². The predicted molar refractivity (Wildman–Crippen MR) is 177 cm³/mol. The zero-order valence-electron chi connectivity index (χ0n) is 25.9. The van der Waals surface area contributed by atoms with E-state index < -0.39 is 11.9 Å². The Labute approximate surface area is 278 Å². The Morgan fingerprint density at radius 3 is 1.33 bits per heavy atom. The first-order chi connectivity index (χ1) is 23.8. The van der Waals surface area contributed by atoms with Crippen LogP contribution in [0.5, 0.6) is 11.5 Å². The topological polar surface area (TPSA) is 195 Å². The molecule has 14 nitrogen and oxygen atoms in total. The summed E-state index contributed by atoms with van der Waals surface area (Å²) in [6, 6.07) is 21.3. The van der Waals surface area contributed by atoms with Gasteiger partial charge >= 0.3 is 11.9 Å². The van der Waals surface area contributed by atoms with Crippen LogP contribution in [0.3, 0.4) is 0 Å². The van der Waals surface area contributed by atoms with E-state index in [-0.39, 0.29) is 55.4 Å². The highest BCUT2D eigenvalue weighted by Crippen LogP contribution is 2.35. The van der Waals surface area contributed by atoms with Gasteiger partial charge in [-0.15, -0.1) is 30.0 Å². The van der Waals surface area contributed by atoms with Crippen molar-refractivity contribution in [3.8, 4) is 22.9 Å². The second-order valence-electron chi connectivity index (χ2n) is 10.8. The van der Waals surface area contributed by atoms with E-state index in [1.54, 1.807) is 48.5 Å². The van der Waals surface area contributed by atoms with Crippen molar-refractivity contribution < 1.29 is 39.5 Å². The monoisotopic (exact) mass is 662 g/mol. The fraction of sp³-hybridized carbons (Fsp3) is 0.143. The number of phenolic OH excluding ortho intramolecular Hbond substituents is 2. The van der Waals surface area contributed by atoms with Crippen molar-refractivity contribution in [2.45, 2.75) is 19.3 Å². The molecule has 14 heteroatoms. The molecule has 4 N–H and O–H groups in total. The lowest BCUT2D eigenvalue weighted by Crippen LogP contribution is -2.09. The minimum Gasteiger partial charge on any atom is -0.515 e. The number of phenols is 2. The van der Waals surface area contributed by atoms with Crippen LogP contribution in [0.15, 0.2) is 97.5 Å². The average molecular weight is 663 g/mol. The first-order valence-corrected chi connectivity index (χ1v) is 15.1. The largest absolute Gasteiger partial charge is 0.515 e. The van der Waals surface area contributed by atoms with Crippen LogP contribution in [0.4, 0.5) is 0 Å². The van der Waals surface area contributed by atoms with Gasteiger partial charge in [0.25, 0.3) is 0 Å². The van der Waals surface area contributed by atoms with E-state index in [2.05, 4.69) is 20.4 Å². The van der Waals surface area contributed by atoms with E-state index in [1.807, 2.05) is 24.3 Å². The summed E-state index contributed by atoms with van der Waals surface area (Å²) in [5, 5.41) is 59.0. The number of benzene rings is 4. The van der Waals surface area contributed by atoms with Gasteiger partial charge in [-0.3, -0.25) is 0 Å². The third-order valence-electron chi connectivity index (χ3n) is 7.53. The Balaban J connectivity index is 1.41. The molecule has 49 heavy (non-hydrogen) atoms. The molecule has 4 aromatic carbocycles. The van der Waals surface area contributed by atoms with Gasteiger partial charge in [0, 0.05) is 30.4 Å². The molecule has 6 aromatic rings. The summed E-state index contributed by atoms with van der Waals surface area (Å²) < 4.78 is 10.3. The van der Waals surface area contributed by atoms with Crippen molar-refractivity contribution in [1.82, 2.24) is 30.0 Å². The Hall–Kier alpha value is -6.70. The molecule has 0 unspecified atom stereocenters. The van der Waals surface area contributed by atoms with Crippen LogP contribution >= 0.6 is 0 Å². The van der Waals surface area contributed by atoms with Gasteiger partial charge in [0.15, 0.2) is 0 Å². The molecule has 0 fully saturated rings. The first-order valence-electron chi connectivity index (χ1n) is 15.1. The number of nitrogens with zero attached hydrogens (tertiary/aromatic N) is 6. The fourth-order valence-electron chi connectivity index (χ4n) is 5.24. The SMILES string of the molecule is O=C(C=CO)OCCc1cc(Cc2cc(CCOC(=O)C=CO)cc(-n3nc4ccccc4n3)c2O)c(O)c(-n2nc3ccccc3n2)c1.